The molecule has 1 unspecified atom stereocenters. The van der Waals surface area contributed by atoms with Crippen LogP contribution in [0.25, 0.3) is 0 Å². The lowest BCUT2D eigenvalue weighted by Crippen LogP contribution is -2.22. The van der Waals surface area contributed by atoms with E-state index in [1.165, 1.54) is 121 Å². The summed E-state index contributed by atoms with van der Waals surface area (Å²) >= 11 is 0. The first-order valence-electron chi connectivity index (χ1n) is 12.6. The van der Waals surface area contributed by atoms with E-state index in [0.29, 0.717) is 10.9 Å². The molecule has 0 radical (unpaired) electrons. The van der Waals surface area contributed by atoms with E-state index >= 15 is 0 Å². The van der Waals surface area contributed by atoms with Crippen LogP contribution in [-0.2, 0) is 21.3 Å². The average molecular weight is 470 g/mol. The van der Waals surface area contributed by atoms with Crippen LogP contribution in [-0.4, -0.2) is 34.3 Å². The Labute approximate surface area is 192 Å². The SMILES string of the molecule is CCCCCCCCCCCCCCCC[S+](CCCCC)C(C)C.O=S(=O)(O)O. The topological polar surface area (TPSA) is 74.6 Å². The van der Waals surface area contributed by atoms with Crippen LogP contribution in [0.5, 0.6) is 0 Å². The summed E-state index contributed by atoms with van der Waals surface area (Å²) < 4.78 is 31.6. The van der Waals surface area contributed by atoms with Crippen LogP contribution < -0.4 is 0 Å². The molecule has 0 spiro atoms. The van der Waals surface area contributed by atoms with Crippen molar-refractivity contribution in [2.75, 3.05) is 11.5 Å². The molecule has 2 N–H and O–H groups in total. The van der Waals surface area contributed by atoms with Gasteiger partial charge in [0.15, 0.2) is 0 Å². The molecule has 0 aromatic heterocycles. The molecule has 1 atom stereocenters. The second-order valence-corrected chi connectivity index (χ2v) is 12.5. The summed E-state index contributed by atoms with van der Waals surface area (Å²) in [5.74, 6) is 3.02. The van der Waals surface area contributed by atoms with E-state index in [1.54, 1.807) is 0 Å². The molecule has 0 amide bonds. The van der Waals surface area contributed by atoms with Crippen molar-refractivity contribution in [1.29, 1.82) is 0 Å². The second kappa shape index (κ2) is 23.9. The van der Waals surface area contributed by atoms with E-state index in [2.05, 4.69) is 27.7 Å². The maximum atomic E-state index is 8.74. The zero-order valence-corrected chi connectivity index (χ0v) is 22.2. The van der Waals surface area contributed by atoms with Crippen LogP contribution in [0.2, 0.25) is 0 Å². The maximum absolute atomic E-state index is 8.74. The maximum Gasteiger partial charge on any atom is 0.394 e. The van der Waals surface area contributed by atoms with E-state index in [9.17, 15) is 0 Å². The molecule has 0 aromatic rings. The van der Waals surface area contributed by atoms with Gasteiger partial charge in [0.2, 0.25) is 0 Å². The smallest absolute Gasteiger partial charge is 0.264 e. The van der Waals surface area contributed by atoms with Gasteiger partial charge in [-0.2, -0.15) is 8.42 Å². The third-order valence-corrected chi connectivity index (χ3v) is 8.40. The molecule has 0 fully saturated rings. The minimum absolute atomic E-state index is 0.706. The lowest BCUT2D eigenvalue weighted by molar-refractivity contribution is 0.381. The first kappa shape index (κ1) is 32.4. The summed E-state index contributed by atoms with van der Waals surface area (Å²) in [6.45, 7) is 9.51. The van der Waals surface area contributed by atoms with E-state index < -0.39 is 10.4 Å². The molecule has 0 aromatic carbocycles. The van der Waals surface area contributed by atoms with Crippen molar-refractivity contribution in [3.8, 4) is 0 Å². The Hall–Kier alpha value is 0.220. The van der Waals surface area contributed by atoms with Gasteiger partial charge in [-0.1, -0.05) is 97.3 Å². The van der Waals surface area contributed by atoms with Crippen molar-refractivity contribution in [3.63, 3.8) is 0 Å². The zero-order valence-electron chi connectivity index (χ0n) is 20.5. The van der Waals surface area contributed by atoms with Gasteiger partial charge in [0.05, 0.1) is 0 Å². The molecule has 0 aliphatic heterocycles. The van der Waals surface area contributed by atoms with Crippen LogP contribution in [0.15, 0.2) is 0 Å². The summed E-state index contributed by atoms with van der Waals surface area (Å²) in [6.07, 6.45) is 24.9. The van der Waals surface area contributed by atoms with E-state index in [0.717, 1.165) is 5.25 Å². The van der Waals surface area contributed by atoms with E-state index in [4.69, 9.17) is 17.5 Å². The number of hydrogen-bond acceptors (Lipinski definition) is 2. The number of hydrogen-bond donors (Lipinski definition) is 2. The van der Waals surface area contributed by atoms with Crippen LogP contribution in [0.1, 0.15) is 137 Å². The van der Waals surface area contributed by atoms with Gasteiger partial charge in [0.25, 0.3) is 0 Å². The third-order valence-electron chi connectivity index (χ3n) is 5.44. The normalized spacial score (nSPS) is 12.6. The summed E-state index contributed by atoms with van der Waals surface area (Å²) in [5, 5.41) is 0.916. The fourth-order valence-electron chi connectivity index (χ4n) is 3.59. The predicted octanol–water partition coefficient (Wildman–Crippen LogP) is 8.03. The van der Waals surface area contributed by atoms with Crippen molar-refractivity contribution < 1.29 is 17.5 Å². The summed E-state index contributed by atoms with van der Waals surface area (Å²) in [7, 11) is -3.96. The average Bonchev–Trinajstić information content (AvgIpc) is 2.65. The van der Waals surface area contributed by atoms with Crippen molar-refractivity contribution >= 4 is 21.3 Å². The highest BCUT2D eigenvalue weighted by Crippen LogP contribution is 2.15. The summed E-state index contributed by atoms with van der Waals surface area (Å²) in [4.78, 5) is 0. The largest absolute Gasteiger partial charge is 0.394 e. The monoisotopic (exact) mass is 469 g/mol. The standard InChI is InChI=1S/C24H51S.H2O4S/c1-5-7-9-10-11-12-13-14-15-16-17-18-19-21-23-25(24(3)4)22-20-8-6-2;1-5(2,3)4/h24H,5-23H2,1-4H3;(H2,1,2,3,4)/q+1;. The van der Waals surface area contributed by atoms with Crippen molar-refractivity contribution in [1.82, 2.24) is 0 Å². The molecule has 0 bridgehead atoms. The van der Waals surface area contributed by atoms with Crippen LogP contribution in [0, 0.1) is 0 Å². The second-order valence-electron chi connectivity index (χ2n) is 8.75. The minimum atomic E-state index is -4.67. The van der Waals surface area contributed by atoms with Gasteiger partial charge in [-0.05, 0) is 50.4 Å². The molecular formula is C24H53O4S2+. The molecule has 0 heterocycles. The Morgan fingerprint density at radius 3 is 1.10 bits per heavy atom. The molecule has 184 valence electrons. The Morgan fingerprint density at radius 2 is 0.800 bits per heavy atom. The van der Waals surface area contributed by atoms with E-state index in [-0.39, 0.29) is 0 Å². The fraction of sp³-hybridized carbons (Fsp3) is 1.00. The molecule has 0 aliphatic rings. The zero-order chi connectivity index (χ0) is 23.1. The van der Waals surface area contributed by atoms with Gasteiger partial charge in [0, 0.05) is 0 Å². The first-order valence-corrected chi connectivity index (χ1v) is 15.6. The van der Waals surface area contributed by atoms with Gasteiger partial charge in [0.1, 0.15) is 16.8 Å². The van der Waals surface area contributed by atoms with Gasteiger partial charge in [-0.15, -0.1) is 0 Å². The van der Waals surface area contributed by atoms with Crippen molar-refractivity contribution in [3.05, 3.63) is 0 Å². The van der Waals surface area contributed by atoms with Gasteiger partial charge < -0.3 is 0 Å². The quantitative estimate of drug-likeness (QED) is 0.107. The molecule has 30 heavy (non-hydrogen) atoms. The molecule has 0 saturated heterocycles. The molecular weight excluding hydrogens is 416 g/mol. The minimum Gasteiger partial charge on any atom is -0.264 e. The Morgan fingerprint density at radius 1 is 0.567 bits per heavy atom. The molecule has 0 aliphatic carbocycles. The summed E-state index contributed by atoms with van der Waals surface area (Å²) in [5.41, 5.74) is 0. The Bertz CT molecular complexity index is 417. The lowest BCUT2D eigenvalue weighted by atomic mass is 10.0. The molecule has 0 rings (SSSR count). The fourth-order valence-corrected chi connectivity index (χ4v) is 5.89. The predicted molar refractivity (Wildman–Crippen MR) is 136 cm³/mol. The highest BCUT2D eigenvalue weighted by Gasteiger charge is 2.21. The van der Waals surface area contributed by atoms with Crippen molar-refractivity contribution in [2.45, 2.75) is 142 Å². The van der Waals surface area contributed by atoms with Crippen LogP contribution in [0.3, 0.4) is 0 Å². The Kier molecular flexibility index (Phi) is 25.8. The van der Waals surface area contributed by atoms with Gasteiger partial charge in [-0.25, -0.2) is 0 Å². The summed E-state index contributed by atoms with van der Waals surface area (Å²) in [6, 6.07) is 0. The molecule has 6 heteroatoms. The molecule has 4 nitrogen and oxygen atoms in total. The van der Waals surface area contributed by atoms with E-state index in [1.807, 2.05) is 0 Å². The number of rotatable bonds is 20. The van der Waals surface area contributed by atoms with Gasteiger partial charge in [-0.3, -0.25) is 9.11 Å². The lowest BCUT2D eigenvalue weighted by Gasteiger charge is -2.12. The highest BCUT2D eigenvalue weighted by molar-refractivity contribution is 7.97. The van der Waals surface area contributed by atoms with Crippen LogP contribution >= 0.6 is 0 Å². The highest BCUT2D eigenvalue weighted by atomic mass is 32.3. The van der Waals surface area contributed by atoms with Gasteiger partial charge >= 0.3 is 10.4 Å². The van der Waals surface area contributed by atoms with Crippen molar-refractivity contribution in [2.24, 2.45) is 0 Å². The third kappa shape index (κ3) is 32.9. The Balaban J connectivity index is 0. The number of unbranched alkanes of at least 4 members (excludes halogenated alkanes) is 15. The first-order chi connectivity index (χ1) is 14.2. The molecule has 0 saturated carbocycles. The van der Waals surface area contributed by atoms with Crippen LogP contribution in [0.4, 0.5) is 0 Å².